The molecule has 198 valence electrons. The molecule has 2 aromatic carbocycles. The number of hydrogen-bond acceptors (Lipinski definition) is 6. The first kappa shape index (κ1) is 27.8. The summed E-state index contributed by atoms with van der Waals surface area (Å²) in [6.07, 6.45) is 0.0237. The predicted molar refractivity (Wildman–Crippen MR) is 136 cm³/mol. The molecule has 1 aliphatic heterocycles. The average Bonchev–Trinajstić information content (AvgIpc) is 3.37. The number of rotatable bonds is 11. The minimum Gasteiger partial charge on any atom is -0.480 e. The van der Waals surface area contributed by atoms with Gasteiger partial charge in [-0.05, 0) is 37.3 Å². The van der Waals surface area contributed by atoms with Gasteiger partial charge in [0.1, 0.15) is 18.1 Å². The molecule has 37 heavy (non-hydrogen) atoms. The van der Waals surface area contributed by atoms with Gasteiger partial charge in [0.2, 0.25) is 17.7 Å². The molecule has 6 N–H and O–H groups in total. The van der Waals surface area contributed by atoms with Crippen LogP contribution in [0, 0.1) is 0 Å². The van der Waals surface area contributed by atoms with Gasteiger partial charge in [-0.15, -0.1) is 0 Å². The van der Waals surface area contributed by atoms with Crippen LogP contribution in [0.3, 0.4) is 0 Å². The molecule has 1 saturated heterocycles. The van der Waals surface area contributed by atoms with E-state index in [1.54, 1.807) is 30.3 Å². The van der Waals surface area contributed by atoms with Crippen LogP contribution in [0.5, 0.6) is 0 Å². The number of carboxylic acids is 1. The Hall–Kier alpha value is -3.76. The van der Waals surface area contributed by atoms with Crippen LogP contribution < -0.4 is 16.4 Å². The molecule has 3 amide bonds. The van der Waals surface area contributed by atoms with Gasteiger partial charge in [-0.1, -0.05) is 60.7 Å². The number of benzene rings is 2. The Morgan fingerprint density at radius 3 is 2.08 bits per heavy atom. The van der Waals surface area contributed by atoms with Crippen LogP contribution >= 0.6 is 0 Å². The van der Waals surface area contributed by atoms with E-state index in [0.29, 0.717) is 31.4 Å². The van der Waals surface area contributed by atoms with E-state index in [2.05, 4.69) is 10.6 Å². The molecule has 0 radical (unpaired) electrons. The summed E-state index contributed by atoms with van der Waals surface area (Å²) in [6, 6.07) is 13.8. The number of hydrogen-bond donors (Lipinski definition) is 5. The number of likely N-dealkylation sites (tertiary alicyclic amines) is 1. The monoisotopic (exact) mass is 510 g/mol. The van der Waals surface area contributed by atoms with Crippen LogP contribution in [-0.2, 0) is 32.0 Å². The minimum atomic E-state index is -1.40. The number of amides is 3. The molecule has 10 nitrogen and oxygen atoms in total. The van der Waals surface area contributed by atoms with Crippen molar-refractivity contribution in [3.8, 4) is 0 Å². The zero-order chi connectivity index (χ0) is 26.9. The number of aliphatic carboxylic acids is 1. The molecule has 1 fully saturated rings. The number of nitrogens with two attached hydrogens (primary N) is 1. The van der Waals surface area contributed by atoms with Gasteiger partial charge in [0.25, 0.3) is 0 Å². The largest absolute Gasteiger partial charge is 0.480 e. The number of carbonyl (C=O) groups is 4. The molecule has 0 aromatic heterocycles. The summed E-state index contributed by atoms with van der Waals surface area (Å²) < 4.78 is 0. The Morgan fingerprint density at radius 2 is 1.54 bits per heavy atom. The summed E-state index contributed by atoms with van der Waals surface area (Å²) in [7, 11) is 0. The molecule has 5 unspecified atom stereocenters. The highest BCUT2D eigenvalue weighted by molar-refractivity contribution is 5.94. The van der Waals surface area contributed by atoms with Crippen molar-refractivity contribution in [3.05, 3.63) is 71.8 Å². The topological polar surface area (TPSA) is 162 Å². The van der Waals surface area contributed by atoms with E-state index in [-0.39, 0.29) is 12.3 Å². The highest BCUT2D eigenvalue weighted by atomic mass is 16.4. The van der Waals surface area contributed by atoms with E-state index in [0.717, 1.165) is 5.56 Å². The Morgan fingerprint density at radius 1 is 0.973 bits per heavy atom. The van der Waals surface area contributed by atoms with Crippen molar-refractivity contribution in [1.82, 2.24) is 15.5 Å². The van der Waals surface area contributed by atoms with Crippen LogP contribution in [0.15, 0.2) is 60.7 Å². The van der Waals surface area contributed by atoms with Crippen molar-refractivity contribution in [2.75, 3.05) is 6.54 Å². The Kier molecular flexibility index (Phi) is 9.76. The van der Waals surface area contributed by atoms with E-state index in [9.17, 15) is 29.4 Å². The molecule has 1 heterocycles. The van der Waals surface area contributed by atoms with Gasteiger partial charge in [-0.3, -0.25) is 14.4 Å². The van der Waals surface area contributed by atoms with Crippen LogP contribution in [0.2, 0.25) is 0 Å². The Bertz CT molecular complexity index is 1080. The van der Waals surface area contributed by atoms with E-state index in [1.165, 1.54) is 11.8 Å². The van der Waals surface area contributed by atoms with Gasteiger partial charge in [-0.2, -0.15) is 0 Å². The van der Waals surface area contributed by atoms with Crippen molar-refractivity contribution < 1.29 is 29.4 Å². The summed E-state index contributed by atoms with van der Waals surface area (Å²) in [5, 5.41) is 24.7. The highest BCUT2D eigenvalue weighted by Gasteiger charge is 2.38. The number of carbonyl (C=O) groups excluding carboxylic acids is 3. The van der Waals surface area contributed by atoms with Gasteiger partial charge in [0.15, 0.2) is 0 Å². The van der Waals surface area contributed by atoms with Gasteiger partial charge >= 0.3 is 5.97 Å². The summed E-state index contributed by atoms with van der Waals surface area (Å²) in [5.74, 6) is -3.04. The van der Waals surface area contributed by atoms with Gasteiger partial charge in [0, 0.05) is 13.0 Å². The second-order valence-electron chi connectivity index (χ2n) is 9.30. The predicted octanol–water partition coefficient (Wildman–Crippen LogP) is 0.225. The van der Waals surface area contributed by atoms with E-state index in [1.807, 2.05) is 30.3 Å². The molecule has 0 saturated carbocycles. The van der Waals surface area contributed by atoms with Crippen LogP contribution in [0.4, 0.5) is 0 Å². The SMILES string of the molecule is CC(O)C(NC(=O)C1CCCN1C(=O)C(N)Cc1ccccc1)C(=O)NC(Cc1ccccc1)C(=O)O. The van der Waals surface area contributed by atoms with Crippen molar-refractivity contribution >= 4 is 23.7 Å². The van der Waals surface area contributed by atoms with Gasteiger partial charge in [0.05, 0.1) is 12.1 Å². The minimum absolute atomic E-state index is 0.0343. The third-order valence-corrected chi connectivity index (χ3v) is 6.41. The van der Waals surface area contributed by atoms with E-state index in [4.69, 9.17) is 5.73 Å². The molecule has 5 atom stereocenters. The molecule has 2 aromatic rings. The average molecular weight is 511 g/mol. The summed E-state index contributed by atoms with van der Waals surface area (Å²) >= 11 is 0. The molecular formula is C27H34N4O6. The maximum absolute atomic E-state index is 13.1. The maximum Gasteiger partial charge on any atom is 0.326 e. The summed E-state index contributed by atoms with van der Waals surface area (Å²) in [6.45, 7) is 1.67. The number of nitrogens with zero attached hydrogens (tertiary/aromatic N) is 1. The second-order valence-corrected chi connectivity index (χ2v) is 9.30. The van der Waals surface area contributed by atoms with Crippen LogP contribution in [-0.4, -0.2) is 75.6 Å². The van der Waals surface area contributed by atoms with E-state index >= 15 is 0 Å². The van der Waals surface area contributed by atoms with E-state index < -0.39 is 48.1 Å². The fraction of sp³-hybridized carbons (Fsp3) is 0.407. The number of aliphatic hydroxyl groups excluding tert-OH is 1. The lowest BCUT2D eigenvalue weighted by Gasteiger charge is -2.29. The van der Waals surface area contributed by atoms with Crippen molar-refractivity contribution in [2.45, 2.75) is 62.9 Å². The van der Waals surface area contributed by atoms with Crippen LogP contribution in [0.1, 0.15) is 30.9 Å². The highest BCUT2D eigenvalue weighted by Crippen LogP contribution is 2.19. The molecule has 0 aliphatic carbocycles. The second kappa shape index (κ2) is 13.0. The lowest BCUT2D eigenvalue weighted by atomic mass is 10.0. The zero-order valence-corrected chi connectivity index (χ0v) is 20.7. The summed E-state index contributed by atoms with van der Waals surface area (Å²) in [4.78, 5) is 52.2. The van der Waals surface area contributed by atoms with Gasteiger partial charge in [-0.25, -0.2) is 4.79 Å². The lowest BCUT2D eigenvalue weighted by molar-refractivity contribution is -0.144. The van der Waals surface area contributed by atoms with Crippen molar-refractivity contribution in [2.24, 2.45) is 5.73 Å². The van der Waals surface area contributed by atoms with Crippen LogP contribution in [0.25, 0.3) is 0 Å². The summed E-state index contributed by atoms with van der Waals surface area (Å²) in [5.41, 5.74) is 7.76. The van der Waals surface area contributed by atoms with Crippen molar-refractivity contribution in [1.29, 1.82) is 0 Å². The lowest BCUT2D eigenvalue weighted by Crippen LogP contribution is -2.59. The molecule has 0 bridgehead atoms. The molecule has 3 rings (SSSR count). The normalized spacial score (nSPS) is 18.4. The molecule has 10 heteroatoms. The first-order valence-electron chi connectivity index (χ1n) is 12.3. The zero-order valence-electron chi connectivity index (χ0n) is 20.7. The third-order valence-electron chi connectivity index (χ3n) is 6.41. The number of aliphatic hydroxyl groups is 1. The fourth-order valence-corrected chi connectivity index (χ4v) is 4.44. The fourth-order valence-electron chi connectivity index (χ4n) is 4.44. The smallest absolute Gasteiger partial charge is 0.326 e. The standard InChI is InChI=1S/C27H34N4O6/c1-17(32)23(25(34)29-21(27(36)37)16-19-11-6-3-7-12-19)30-24(33)22-13-8-14-31(22)26(35)20(28)15-18-9-4-2-5-10-18/h2-7,9-12,17,20-23,32H,8,13-16,28H2,1H3,(H,29,34)(H,30,33)(H,36,37). The Labute approximate surface area is 215 Å². The first-order chi connectivity index (χ1) is 17.7. The molecule has 1 aliphatic rings. The van der Waals surface area contributed by atoms with Crippen molar-refractivity contribution in [3.63, 3.8) is 0 Å². The maximum atomic E-state index is 13.1. The quantitative estimate of drug-likeness (QED) is 0.289. The molecule has 0 spiro atoms. The number of nitrogens with one attached hydrogen (secondary N) is 2. The first-order valence-corrected chi connectivity index (χ1v) is 12.3. The Balaban J connectivity index is 1.64. The van der Waals surface area contributed by atoms with Gasteiger partial charge < -0.3 is 31.5 Å². The number of carboxylic acid groups (broad SMARTS) is 1. The molecular weight excluding hydrogens is 476 g/mol. The third kappa shape index (κ3) is 7.61.